The fraction of sp³-hybridized carbons (Fsp3) is 0.854. The van der Waals surface area contributed by atoms with Gasteiger partial charge in [-0.05, 0) is 19.3 Å². The summed E-state index contributed by atoms with van der Waals surface area (Å²) in [5.74, 6) is -1.13. The first-order valence-corrected chi connectivity index (χ1v) is 22.2. The number of esters is 2. The van der Waals surface area contributed by atoms with Gasteiger partial charge in [-0.2, -0.15) is 0 Å². The smallest absolute Gasteiger partial charge is 0.462 e. The van der Waals surface area contributed by atoms with E-state index < -0.39 is 32.5 Å². The Kier molecular flexibility index (Phi) is 36.2. The minimum atomic E-state index is -4.77. The number of phosphoric ester groups is 1. The van der Waals surface area contributed by atoms with Crippen LogP contribution in [-0.2, 0) is 28.2 Å². The number of hydrogen-bond acceptors (Lipinski definition) is 6. The molecule has 2 N–H and O–H groups in total. The van der Waals surface area contributed by atoms with E-state index >= 15 is 0 Å². The molecule has 0 rings (SSSR count). The zero-order valence-corrected chi connectivity index (χ0v) is 33.2. The van der Waals surface area contributed by atoms with Gasteiger partial charge in [0, 0.05) is 12.5 Å². The van der Waals surface area contributed by atoms with Gasteiger partial charge in [-0.15, -0.1) is 0 Å². The van der Waals surface area contributed by atoms with Crippen LogP contribution in [0.25, 0.3) is 0 Å². The summed E-state index contributed by atoms with van der Waals surface area (Å²) in [4.78, 5) is 42.6. The quantitative estimate of drug-likeness (QED) is 0.0212. The maximum Gasteiger partial charge on any atom is 0.469 e. The molecule has 9 heteroatoms. The van der Waals surface area contributed by atoms with Crippen molar-refractivity contribution in [3.63, 3.8) is 0 Å². The van der Waals surface area contributed by atoms with Crippen molar-refractivity contribution in [1.82, 2.24) is 0 Å². The van der Waals surface area contributed by atoms with E-state index in [2.05, 4.69) is 18.4 Å². The van der Waals surface area contributed by atoms with Crippen molar-refractivity contribution in [2.24, 2.45) is 0 Å². The van der Waals surface area contributed by atoms with Crippen molar-refractivity contribution in [2.45, 2.75) is 213 Å². The molecule has 0 amide bonds. The number of allylic oxidation sites excluding steroid dienone is 3. The number of unbranched alkanes of at least 4 members (excludes halogenated alkanes) is 27. The predicted molar refractivity (Wildman–Crippen MR) is 207 cm³/mol. The first kappa shape index (κ1) is 48.5. The van der Waals surface area contributed by atoms with Gasteiger partial charge in [0.15, 0.2) is 6.10 Å². The van der Waals surface area contributed by atoms with Gasteiger partial charge in [-0.25, -0.2) is 9.36 Å². The van der Waals surface area contributed by atoms with Gasteiger partial charge in [-0.3, -0.25) is 9.32 Å². The molecule has 0 heterocycles. The molecule has 0 aliphatic rings. The Bertz CT molecular complexity index is 869. The van der Waals surface area contributed by atoms with Crippen LogP contribution in [0, 0.1) is 0 Å². The normalized spacial score (nSPS) is 12.6. The third-order valence-corrected chi connectivity index (χ3v) is 9.57. The first-order chi connectivity index (χ1) is 24.3. The standard InChI is InChI=1S/C41H77O8P/c1-3-5-7-9-11-13-15-17-19-20-22-23-25-27-29-31-33-35-40(42)47-37-39(38-48-50(44,45)46)49-41(43)36-34-32-30-28-26-24-21-18-16-14-12-10-8-6-4-2/h30,32,34,36,39H,3-29,31,33,35,37-38H2,1-2H3,(H2,44,45,46)/b32-30+,36-34+/t39-/m1/s1. The van der Waals surface area contributed by atoms with Crippen molar-refractivity contribution in [1.29, 1.82) is 0 Å². The molecular formula is C41H77O8P. The molecule has 0 aromatic carbocycles. The maximum atomic E-state index is 12.3. The summed E-state index contributed by atoms with van der Waals surface area (Å²) in [5, 5.41) is 0. The van der Waals surface area contributed by atoms with E-state index in [1.54, 1.807) is 12.2 Å². The van der Waals surface area contributed by atoms with E-state index in [4.69, 9.17) is 19.3 Å². The van der Waals surface area contributed by atoms with Crippen molar-refractivity contribution in [3.8, 4) is 0 Å². The van der Waals surface area contributed by atoms with Crippen molar-refractivity contribution >= 4 is 19.8 Å². The highest BCUT2D eigenvalue weighted by Gasteiger charge is 2.22. The first-order valence-electron chi connectivity index (χ1n) is 20.7. The lowest BCUT2D eigenvalue weighted by atomic mass is 10.0. The molecule has 0 saturated carbocycles. The zero-order valence-electron chi connectivity index (χ0n) is 32.3. The van der Waals surface area contributed by atoms with Gasteiger partial charge in [0.1, 0.15) is 6.61 Å². The molecule has 0 unspecified atom stereocenters. The Morgan fingerprint density at radius 3 is 1.38 bits per heavy atom. The lowest BCUT2D eigenvalue weighted by Gasteiger charge is -2.17. The molecule has 0 aliphatic carbocycles. The van der Waals surface area contributed by atoms with Crippen LogP contribution >= 0.6 is 7.82 Å². The SMILES string of the molecule is CCCCCCCCCCCCC/C=C/C=C/C(=O)O[C@H](COC(=O)CCCCCCCCCCCCCCCCCCC)COP(=O)(O)O. The third-order valence-electron chi connectivity index (χ3n) is 9.08. The second-order valence-electron chi connectivity index (χ2n) is 14.0. The van der Waals surface area contributed by atoms with Crippen LogP contribution in [0.1, 0.15) is 206 Å². The number of hydrogen-bond donors (Lipinski definition) is 2. The maximum absolute atomic E-state index is 12.3. The monoisotopic (exact) mass is 729 g/mol. The number of phosphoric acid groups is 1. The van der Waals surface area contributed by atoms with Crippen molar-refractivity contribution < 1.29 is 37.9 Å². The van der Waals surface area contributed by atoms with Crippen LogP contribution in [0.15, 0.2) is 24.3 Å². The molecular weight excluding hydrogens is 651 g/mol. The van der Waals surface area contributed by atoms with Crippen LogP contribution in [0.4, 0.5) is 0 Å². The summed E-state index contributed by atoms with van der Waals surface area (Å²) in [6.07, 6.45) is 42.5. The van der Waals surface area contributed by atoms with Gasteiger partial charge in [0.25, 0.3) is 0 Å². The van der Waals surface area contributed by atoms with Crippen molar-refractivity contribution in [3.05, 3.63) is 24.3 Å². The summed E-state index contributed by atoms with van der Waals surface area (Å²) in [6, 6.07) is 0. The Balaban J connectivity index is 3.98. The van der Waals surface area contributed by atoms with E-state index in [1.165, 1.54) is 160 Å². The number of carbonyl (C=O) groups excluding carboxylic acids is 2. The fourth-order valence-electron chi connectivity index (χ4n) is 5.99. The summed E-state index contributed by atoms with van der Waals surface area (Å²) in [7, 11) is -4.77. The van der Waals surface area contributed by atoms with Crippen molar-refractivity contribution in [2.75, 3.05) is 13.2 Å². The average molecular weight is 729 g/mol. The third kappa shape index (κ3) is 39.3. The van der Waals surface area contributed by atoms with Crippen LogP contribution in [-0.4, -0.2) is 41.0 Å². The van der Waals surface area contributed by atoms with Crippen LogP contribution in [0.5, 0.6) is 0 Å². The zero-order chi connectivity index (χ0) is 36.8. The van der Waals surface area contributed by atoms with Gasteiger partial charge < -0.3 is 19.3 Å². The lowest BCUT2D eigenvalue weighted by molar-refractivity contribution is -0.157. The molecule has 0 aromatic heterocycles. The molecule has 0 fully saturated rings. The molecule has 0 saturated heterocycles. The summed E-state index contributed by atoms with van der Waals surface area (Å²) >= 11 is 0. The number of carbonyl (C=O) groups is 2. The van der Waals surface area contributed by atoms with Gasteiger partial charge in [0.2, 0.25) is 0 Å². The predicted octanol–water partition coefficient (Wildman–Crippen LogP) is 12.4. The molecule has 0 radical (unpaired) electrons. The molecule has 1 atom stereocenters. The summed E-state index contributed by atoms with van der Waals surface area (Å²) in [6.45, 7) is 3.60. The van der Waals surface area contributed by atoms with Gasteiger partial charge >= 0.3 is 19.8 Å². The van der Waals surface area contributed by atoms with Crippen LogP contribution < -0.4 is 0 Å². The highest BCUT2D eigenvalue weighted by atomic mass is 31.2. The number of ether oxygens (including phenoxy) is 2. The minimum absolute atomic E-state index is 0.252. The van der Waals surface area contributed by atoms with Gasteiger partial charge in [0.05, 0.1) is 6.61 Å². The molecule has 50 heavy (non-hydrogen) atoms. The summed E-state index contributed by atoms with van der Waals surface area (Å²) in [5.41, 5.74) is 0. The largest absolute Gasteiger partial charge is 0.469 e. The molecule has 0 aromatic rings. The number of rotatable bonds is 38. The molecule has 294 valence electrons. The van der Waals surface area contributed by atoms with E-state index in [-0.39, 0.29) is 13.0 Å². The second-order valence-corrected chi connectivity index (χ2v) is 15.3. The van der Waals surface area contributed by atoms with E-state index in [9.17, 15) is 14.2 Å². The Morgan fingerprint density at radius 2 is 0.960 bits per heavy atom. The molecule has 8 nitrogen and oxygen atoms in total. The molecule has 0 aliphatic heterocycles. The molecule has 0 spiro atoms. The second kappa shape index (κ2) is 37.3. The Hall–Kier alpha value is -1.47. The van der Waals surface area contributed by atoms with E-state index in [0.29, 0.717) is 0 Å². The fourth-order valence-corrected chi connectivity index (χ4v) is 6.35. The topological polar surface area (TPSA) is 119 Å². The summed E-state index contributed by atoms with van der Waals surface area (Å²) < 4.78 is 26.2. The Labute approximate surface area is 307 Å². The van der Waals surface area contributed by atoms with E-state index in [0.717, 1.165) is 32.1 Å². The highest BCUT2D eigenvalue weighted by Crippen LogP contribution is 2.35. The minimum Gasteiger partial charge on any atom is -0.462 e. The van der Waals surface area contributed by atoms with E-state index in [1.807, 2.05) is 6.08 Å². The van der Waals surface area contributed by atoms with Gasteiger partial charge in [-0.1, -0.05) is 199 Å². The Morgan fingerprint density at radius 1 is 0.560 bits per heavy atom. The van der Waals surface area contributed by atoms with Crippen LogP contribution in [0.3, 0.4) is 0 Å². The molecule has 0 bridgehead atoms. The average Bonchev–Trinajstić information content (AvgIpc) is 3.08. The highest BCUT2D eigenvalue weighted by molar-refractivity contribution is 7.46. The van der Waals surface area contributed by atoms with Crippen LogP contribution in [0.2, 0.25) is 0 Å². The lowest BCUT2D eigenvalue weighted by Crippen LogP contribution is -2.29.